The van der Waals surface area contributed by atoms with Gasteiger partial charge in [-0.1, -0.05) is 12.1 Å². The summed E-state index contributed by atoms with van der Waals surface area (Å²) in [5.41, 5.74) is 0.900. The van der Waals surface area contributed by atoms with Crippen molar-refractivity contribution >= 4 is 16.7 Å². The number of hydrogen-bond donors (Lipinski definition) is 1. The van der Waals surface area contributed by atoms with Crippen LogP contribution in [0.3, 0.4) is 0 Å². The minimum absolute atomic E-state index is 0.299. The first kappa shape index (κ1) is 14.7. The molecule has 1 N–H and O–H groups in total. The second-order valence-electron chi connectivity index (χ2n) is 6.33. The van der Waals surface area contributed by atoms with Crippen LogP contribution in [0.1, 0.15) is 12.8 Å². The molecule has 2 fully saturated rings. The van der Waals surface area contributed by atoms with Gasteiger partial charge in [0.25, 0.3) is 0 Å². The first-order chi connectivity index (χ1) is 11.3. The van der Waals surface area contributed by atoms with Crippen LogP contribution in [0.5, 0.6) is 5.75 Å². The Morgan fingerprint density at radius 2 is 2.04 bits per heavy atom. The molecule has 0 radical (unpaired) electrons. The van der Waals surface area contributed by atoms with Crippen molar-refractivity contribution in [3.05, 3.63) is 30.3 Å². The van der Waals surface area contributed by atoms with Crippen LogP contribution in [-0.2, 0) is 4.74 Å². The average Bonchev–Trinajstić information content (AvgIpc) is 3.25. The molecule has 2 aliphatic rings. The molecule has 2 atom stereocenters. The fraction of sp³-hybridized carbons (Fsp3) is 0.500. The number of ether oxygens (including phenoxy) is 2. The van der Waals surface area contributed by atoms with E-state index in [2.05, 4.69) is 22.3 Å². The predicted octanol–water partition coefficient (Wildman–Crippen LogP) is 2.52. The number of nitrogens with one attached hydrogen (secondary N) is 1. The summed E-state index contributed by atoms with van der Waals surface area (Å²) in [4.78, 5) is 7.31. The third-order valence-electron chi connectivity index (χ3n) is 4.90. The van der Waals surface area contributed by atoms with Gasteiger partial charge in [0.2, 0.25) is 0 Å². The molecule has 122 valence electrons. The zero-order valence-corrected chi connectivity index (χ0v) is 13.5. The molecule has 5 nitrogen and oxygen atoms in total. The summed E-state index contributed by atoms with van der Waals surface area (Å²) in [7, 11) is 1.69. The van der Waals surface area contributed by atoms with Gasteiger partial charge in [0.15, 0.2) is 0 Å². The third-order valence-corrected chi connectivity index (χ3v) is 4.90. The lowest BCUT2D eigenvalue weighted by Gasteiger charge is -2.28. The summed E-state index contributed by atoms with van der Waals surface area (Å²) in [5, 5.41) is 4.67. The Morgan fingerprint density at radius 3 is 2.87 bits per heavy atom. The van der Waals surface area contributed by atoms with E-state index in [0.717, 1.165) is 35.7 Å². The smallest absolute Gasteiger partial charge is 0.145 e. The number of nitrogens with zero attached hydrogens (tertiary/aromatic N) is 2. The molecule has 1 aromatic heterocycles. The maximum absolute atomic E-state index is 5.73. The summed E-state index contributed by atoms with van der Waals surface area (Å²) >= 11 is 0. The number of fused-ring (bicyclic) bond motifs is 1. The van der Waals surface area contributed by atoms with Crippen LogP contribution in [0.2, 0.25) is 0 Å². The molecule has 0 aliphatic carbocycles. The number of likely N-dealkylation sites (tertiary alicyclic amines) is 1. The van der Waals surface area contributed by atoms with Crippen molar-refractivity contribution in [3.8, 4) is 5.75 Å². The van der Waals surface area contributed by atoms with Crippen LogP contribution >= 0.6 is 0 Å². The zero-order chi connectivity index (χ0) is 15.6. The highest BCUT2D eigenvalue weighted by atomic mass is 16.5. The van der Waals surface area contributed by atoms with E-state index in [-0.39, 0.29) is 0 Å². The monoisotopic (exact) mass is 313 g/mol. The van der Waals surface area contributed by atoms with Crippen molar-refractivity contribution in [2.45, 2.75) is 24.9 Å². The van der Waals surface area contributed by atoms with Crippen LogP contribution in [0.4, 0.5) is 5.82 Å². The van der Waals surface area contributed by atoms with E-state index in [1.54, 1.807) is 7.11 Å². The maximum atomic E-state index is 5.73. The van der Waals surface area contributed by atoms with Gasteiger partial charge in [-0.15, -0.1) is 0 Å². The van der Waals surface area contributed by atoms with E-state index in [0.29, 0.717) is 12.1 Å². The molecule has 23 heavy (non-hydrogen) atoms. The van der Waals surface area contributed by atoms with Gasteiger partial charge in [-0.25, -0.2) is 4.98 Å². The minimum Gasteiger partial charge on any atom is -0.494 e. The second kappa shape index (κ2) is 6.34. The van der Waals surface area contributed by atoms with Crippen LogP contribution in [0.25, 0.3) is 10.9 Å². The summed E-state index contributed by atoms with van der Waals surface area (Å²) in [6.45, 7) is 3.93. The molecular weight excluding hydrogens is 290 g/mol. The second-order valence-corrected chi connectivity index (χ2v) is 6.33. The molecule has 3 heterocycles. The highest BCUT2D eigenvalue weighted by molar-refractivity contribution is 5.85. The molecule has 0 saturated carbocycles. The molecule has 2 saturated heterocycles. The van der Waals surface area contributed by atoms with E-state index < -0.39 is 0 Å². The Bertz CT molecular complexity index is 685. The molecule has 0 bridgehead atoms. The fourth-order valence-corrected chi connectivity index (χ4v) is 3.67. The molecule has 0 spiro atoms. The van der Waals surface area contributed by atoms with Crippen LogP contribution < -0.4 is 10.1 Å². The lowest BCUT2D eigenvalue weighted by Crippen LogP contribution is -2.45. The van der Waals surface area contributed by atoms with Gasteiger partial charge < -0.3 is 14.8 Å². The highest BCUT2D eigenvalue weighted by Gasteiger charge is 2.34. The number of aromatic nitrogens is 1. The Morgan fingerprint density at radius 1 is 1.17 bits per heavy atom. The summed E-state index contributed by atoms with van der Waals surface area (Å²) in [5.74, 6) is 1.70. The third kappa shape index (κ3) is 2.86. The summed E-state index contributed by atoms with van der Waals surface area (Å²) in [6, 6.07) is 10.9. The zero-order valence-electron chi connectivity index (χ0n) is 13.5. The van der Waals surface area contributed by atoms with Crippen molar-refractivity contribution in [2.75, 3.05) is 38.7 Å². The van der Waals surface area contributed by atoms with Crippen LogP contribution in [0, 0.1) is 0 Å². The van der Waals surface area contributed by atoms with Gasteiger partial charge in [0.1, 0.15) is 17.1 Å². The van der Waals surface area contributed by atoms with Crippen LogP contribution in [0.15, 0.2) is 30.3 Å². The molecule has 0 unspecified atom stereocenters. The number of para-hydroxylation sites is 1. The van der Waals surface area contributed by atoms with Crippen LogP contribution in [-0.4, -0.2) is 55.4 Å². The Balaban J connectivity index is 1.57. The topological polar surface area (TPSA) is 46.6 Å². The molecule has 2 aliphatic heterocycles. The lowest BCUT2D eigenvalue weighted by atomic mass is 10.1. The quantitative estimate of drug-likeness (QED) is 0.940. The van der Waals surface area contributed by atoms with Crippen molar-refractivity contribution in [1.29, 1.82) is 0 Å². The molecule has 2 aromatic rings. The summed E-state index contributed by atoms with van der Waals surface area (Å²) in [6.07, 6.45) is 2.60. The van der Waals surface area contributed by atoms with E-state index in [1.807, 2.05) is 18.2 Å². The number of pyridine rings is 1. The lowest BCUT2D eigenvalue weighted by molar-refractivity contribution is 0.159. The van der Waals surface area contributed by atoms with E-state index in [9.17, 15) is 0 Å². The normalized spacial score (nSPS) is 25.1. The van der Waals surface area contributed by atoms with Crippen molar-refractivity contribution in [1.82, 2.24) is 9.88 Å². The average molecular weight is 313 g/mol. The fourth-order valence-electron chi connectivity index (χ4n) is 3.67. The first-order valence-corrected chi connectivity index (χ1v) is 8.37. The van der Waals surface area contributed by atoms with E-state index in [4.69, 9.17) is 14.5 Å². The van der Waals surface area contributed by atoms with Crippen molar-refractivity contribution in [2.24, 2.45) is 0 Å². The van der Waals surface area contributed by atoms with Gasteiger partial charge in [0, 0.05) is 5.39 Å². The number of rotatable bonds is 4. The van der Waals surface area contributed by atoms with Gasteiger partial charge >= 0.3 is 0 Å². The number of hydrogen-bond acceptors (Lipinski definition) is 5. The van der Waals surface area contributed by atoms with Gasteiger partial charge in [-0.3, -0.25) is 4.90 Å². The molecule has 1 aromatic carbocycles. The van der Waals surface area contributed by atoms with Crippen molar-refractivity contribution in [3.63, 3.8) is 0 Å². The van der Waals surface area contributed by atoms with E-state index >= 15 is 0 Å². The van der Waals surface area contributed by atoms with Gasteiger partial charge in [-0.05, 0) is 44.1 Å². The maximum Gasteiger partial charge on any atom is 0.145 e. The number of methoxy groups -OCH3 is 1. The standard InChI is InChI=1S/C18H23N3O2/c1-22-16-6-4-5-13-7-8-17(20-18(13)16)19-14-11-23-12-15(14)21-9-2-3-10-21/h4-8,14-15H,2-3,9-12H2,1H3,(H,19,20)/t14-,15-/m0/s1. The van der Waals surface area contributed by atoms with Crippen molar-refractivity contribution < 1.29 is 9.47 Å². The summed E-state index contributed by atoms with van der Waals surface area (Å²) < 4.78 is 11.2. The minimum atomic E-state index is 0.299. The Hall–Kier alpha value is -1.85. The molecule has 4 rings (SSSR count). The van der Waals surface area contributed by atoms with Gasteiger partial charge in [0.05, 0.1) is 32.4 Å². The number of benzene rings is 1. The molecule has 0 amide bonds. The van der Waals surface area contributed by atoms with E-state index in [1.165, 1.54) is 25.9 Å². The molecule has 5 heteroatoms. The Kier molecular flexibility index (Phi) is 4.06. The number of anilines is 1. The van der Waals surface area contributed by atoms with Gasteiger partial charge in [-0.2, -0.15) is 0 Å². The predicted molar refractivity (Wildman–Crippen MR) is 91.1 cm³/mol. The first-order valence-electron chi connectivity index (χ1n) is 8.37. The highest BCUT2D eigenvalue weighted by Crippen LogP contribution is 2.26. The molecular formula is C18H23N3O2. The largest absolute Gasteiger partial charge is 0.494 e. The SMILES string of the molecule is COc1cccc2ccc(N[C@H]3COC[C@@H]3N3CCCC3)nc12. The Labute approximate surface area is 136 Å².